The van der Waals surface area contributed by atoms with Gasteiger partial charge in [-0.2, -0.15) is 0 Å². The molecule has 0 aliphatic rings. The third kappa shape index (κ3) is 12.1. The number of thioether (sulfide) groups is 1. The summed E-state index contributed by atoms with van der Waals surface area (Å²) in [6, 6.07) is 10.3. The van der Waals surface area contributed by atoms with Gasteiger partial charge in [0.15, 0.2) is 5.96 Å². The molecule has 0 spiro atoms. The average Bonchev–Trinajstić information content (AvgIpc) is 2.59. The molecule has 0 aliphatic heterocycles. The van der Waals surface area contributed by atoms with Crippen molar-refractivity contribution in [3.63, 3.8) is 0 Å². The zero-order valence-electron chi connectivity index (χ0n) is 15.5. The fourth-order valence-corrected chi connectivity index (χ4v) is 2.69. The number of carbonyl (C=O) groups excluding carboxylic acids is 1. The van der Waals surface area contributed by atoms with Crippen LogP contribution in [0.2, 0.25) is 0 Å². The summed E-state index contributed by atoms with van der Waals surface area (Å²) in [6.45, 7) is 4.03. The average molecular weight is 478 g/mol. The van der Waals surface area contributed by atoms with Gasteiger partial charge in [-0.05, 0) is 18.6 Å². The van der Waals surface area contributed by atoms with Crippen LogP contribution in [-0.4, -0.2) is 56.2 Å². The standard InChI is InChI=1S/C18H30N4OS.HI/c1-4-5-9-12-19-18(21-15-17(23)22(2)3)20-13-14-24-16-10-7-6-8-11-16;/h6-8,10-11H,4-5,9,12-15H2,1-3H3,(H2,19,20,21);1H. The Bertz CT molecular complexity index is 497. The topological polar surface area (TPSA) is 56.7 Å². The largest absolute Gasteiger partial charge is 0.356 e. The van der Waals surface area contributed by atoms with Crippen LogP contribution < -0.4 is 10.6 Å². The molecule has 0 atom stereocenters. The number of hydrogen-bond acceptors (Lipinski definition) is 3. The lowest BCUT2D eigenvalue weighted by Gasteiger charge is -2.13. The Balaban J connectivity index is 0.00000576. The van der Waals surface area contributed by atoms with Crippen LogP contribution in [0.3, 0.4) is 0 Å². The summed E-state index contributed by atoms with van der Waals surface area (Å²) < 4.78 is 0. The first-order chi connectivity index (χ1) is 11.6. The van der Waals surface area contributed by atoms with E-state index in [1.54, 1.807) is 30.8 Å². The van der Waals surface area contributed by atoms with Gasteiger partial charge < -0.3 is 15.5 Å². The van der Waals surface area contributed by atoms with Crippen LogP contribution >= 0.6 is 35.7 Å². The molecule has 0 bridgehead atoms. The van der Waals surface area contributed by atoms with E-state index in [0.717, 1.165) is 31.2 Å². The highest BCUT2D eigenvalue weighted by molar-refractivity contribution is 14.0. The van der Waals surface area contributed by atoms with Crippen LogP contribution in [0.4, 0.5) is 0 Å². The molecule has 1 aromatic carbocycles. The van der Waals surface area contributed by atoms with Gasteiger partial charge in [0.2, 0.25) is 5.91 Å². The molecular weight excluding hydrogens is 447 g/mol. The third-order valence-corrected chi connectivity index (χ3v) is 4.36. The molecule has 0 aromatic heterocycles. The van der Waals surface area contributed by atoms with Gasteiger partial charge in [0.1, 0.15) is 6.54 Å². The fraction of sp³-hybridized carbons (Fsp3) is 0.556. The summed E-state index contributed by atoms with van der Waals surface area (Å²) >= 11 is 1.80. The maximum Gasteiger partial charge on any atom is 0.243 e. The molecule has 0 heterocycles. The summed E-state index contributed by atoms with van der Waals surface area (Å²) in [5, 5.41) is 6.61. The van der Waals surface area contributed by atoms with Crippen molar-refractivity contribution < 1.29 is 4.79 Å². The van der Waals surface area contributed by atoms with Gasteiger partial charge in [0.05, 0.1) is 0 Å². The number of rotatable bonds is 10. The minimum Gasteiger partial charge on any atom is -0.356 e. The Morgan fingerprint density at radius 2 is 1.80 bits per heavy atom. The second-order valence-corrected chi connectivity index (χ2v) is 6.84. The number of nitrogens with one attached hydrogen (secondary N) is 2. The molecule has 1 rings (SSSR count). The molecule has 0 fully saturated rings. The van der Waals surface area contributed by atoms with E-state index in [4.69, 9.17) is 0 Å². The second-order valence-electron chi connectivity index (χ2n) is 5.68. The molecule has 0 saturated heterocycles. The molecule has 5 nitrogen and oxygen atoms in total. The molecule has 2 N–H and O–H groups in total. The Labute approximate surface area is 173 Å². The van der Waals surface area contributed by atoms with E-state index in [-0.39, 0.29) is 36.4 Å². The molecule has 142 valence electrons. The van der Waals surface area contributed by atoms with Gasteiger partial charge in [-0.1, -0.05) is 38.0 Å². The van der Waals surface area contributed by atoms with Gasteiger partial charge in [-0.3, -0.25) is 4.79 Å². The number of likely N-dealkylation sites (N-methyl/N-ethyl adjacent to an activating group) is 1. The molecule has 1 aromatic rings. The highest BCUT2D eigenvalue weighted by Gasteiger charge is 2.04. The number of hydrogen-bond donors (Lipinski definition) is 2. The minimum atomic E-state index is 0. The zero-order valence-corrected chi connectivity index (χ0v) is 18.6. The molecule has 0 saturated carbocycles. The van der Waals surface area contributed by atoms with Gasteiger partial charge in [0, 0.05) is 37.8 Å². The number of halogens is 1. The first-order valence-corrected chi connectivity index (χ1v) is 9.52. The Kier molecular flexibility index (Phi) is 14.7. The molecule has 0 radical (unpaired) electrons. The van der Waals surface area contributed by atoms with Crippen molar-refractivity contribution in [3.8, 4) is 0 Å². The van der Waals surface area contributed by atoms with Crippen molar-refractivity contribution in [2.45, 2.75) is 31.1 Å². The summed E-state index contributed by atoms with van der Waals surface area (Å²) in [5.74, 6) is 1.67. The van der Waals surface area contributed by atoms with Crippen molar-refractivity contribution >= 4 is 47.6 Å². The minimum absolute atomic E-state index is 0. The van der Waals surface area contributed by atoms with Crippen molar-refractivity contribution in [2.24, 2.45) is 4.99 Å². The Morgan fingerprint density at radius 3 is 2.44 bits per heavy atom. The lowest BCUT2D eigenvalue weighted by Crippen LogP contribution is -2.40. The predicted molar refractivity (Wildman–Crippen MR) is 119 cm³/mol. The molecule has 1 amide bonds. The first kappa shape index (κ1) is 24.0. The van der Waals surface area contributed by atoms with E-state index < -0.39 is 0 Å². The lowest BCUT2D eigenvalue weighted by atomic mass is 10.2. The van der Waals surface area contributed by atoms with Crippen molar-refractivity contribution in [1.29, 1.82) is 0 Å². The van der Waals surface area contributed by atoms with Crippen LogP contribution in [0.5, 0.6) is 0 Å². The number of nitrogens with zero attached hydrogens (tertiary/aromatic N) is 2. The summed E-state index contributed by atoms with van der Waals surface area (Å²) in [6.07, 6.45) is 3.49. The smallest absolute Gasteiger partial charge is 0.243 e. The predicted octanol–water partition coefficient (Wildman–Crippen LogP) is 3.21. The highest BCUT2D eigenvalue weighted by Crippen LogP contribution is 2.15. The number of amides is 1. The molecule has 0 aliphatic carbocycles. The van der Waals surface area contributed by atoms with Crippen LogP contribution in [0.25, 0.3) is 0 Å². The lowest BCUT2D eigenvalue weighted by molar-refractivity contribution is -0.127. The van der Waals surface area contributed by atoms with E-state index in [9.17, 15) is 4.79 Å². The third-order valence-electron chi connectivity index (χ3n) is 3.35. The van der Waals surface area contributed by atoms with E-state index in [2.05, 4.69) is 34.7 Å². The summed E-state index contributed by atoms with van der Waals surface area (Å²) in [5.41, 5.74) is 0. The Morgan fingerprint density at radius 1 is 1.12 bits per heavy atom. The summed E-state index contributed by atoms with van der Waals surface area (Å²) in [7, 11) is 3.49. The van der Waals surface area contributed by atoms with Crippen molar-refractivity contribution in [1.82, 2.24) is 15.5 Å². The van der Waals surface area contributed by atoms with Gasteiger partial charge in [0.25, 0.3) is 0 Å². The van der Waals surface area contributed by atoms with Gasteiger partial charge in [-0.25, -0.2) is 4.99 Å². The van der Waals surface area contributed by atoms with Gasteiger partial charge >= 0.3 is 0 Å². The van der Waals surface area contributed by atoms with Gasteiger partial charge in [-0.15, -0.1) is 35.7 Å². The maximum atomic E-state index is 11.7. The number of aliphatic imine (C=N–C) groups is 1. The van der Waals surface area contributed by atoms with Crippen molar-refractivity contribution in [2.75, 3.05) is 39.5 Å². The van der Waals surface area contributed by atoms with Crippen LogP contribution in [-0.2, 0) is 4.79 Å². The molecule has 7 heteroatoms. The van der Waals surface area contributed by atoms with Crippen LogP contribution in [0.15, 0.2) is 40.2 Å². The number of benzene rings is 1. The summed E-state index contributed by atoms with van der Waals surface area (Å²) in [4.78, 5) is 18.9. The van der Waals surface area contributed by atoms with E-state index in [0.29, 0.717) is 0 Å². The first-order valence-electron chi connectivity index (χ1n) is 8.53. The number of guanidine groups is 1. The molecular formula is C18H31IN4OS. The monoisotopic (exact) mass is 478 g/mol. The molecule has 25 heavy (non-hydrogen) atoms. The van der Waals surface area contributed by atoms with Crippen LogP contribution in [0, 0.1) is 0 Å². The zero-order chi connectivity index (χ0) is 17.6. The normalized spacial score (nSPS) is 10.8. The SMILES string of the molecule is CCCCCNC(=NCC(=O)N(C)C)NCCSc1ccccc1.I. The Hall–Kier alpha value is -0.960. The fourth-order valence-electron chi connectivity index (χ4n) is 1.90. The molecule has 0 unspecified atom stereocenters. The quantitative estimate of drug-likeness (QED) is 0.178. The van der Waals surface area contributed by atoms with E-state index in [1.165, 1.54) is 17.7 Å². The van der Waals surface area contributed by atoms with E-state index >= 15 is 0 Å². The van der Waals surface area contributed by atoms with Crippen molar-refractivity contribution in [3.05, 3.63) is 30.3 Å². The highest BCUT2D eigenvalue weighted by atomic mass is 127. The maximum absolute atomic E-state index is 11.7. The second kappa shape index (κ2) is 15.3. The number of unbranched alkanes of at least 4 members (excludes halogenated alkanes) is 2. The van der Waals surface area contributed by atoms with Crippen LogP contribution in [0.1, 0.15) is 26.2 Å². The van der Waals surface area contributed by atoms with E-state index in [1.807, 2.05) is 18.2 Å². The number of carbonyl (C=O) groups is 1.